The highest BCUT2D eigenvalue weighted by Crippen LogP contribution is 2.39. The first kappa shape index (κ1) is 20.4. The Hall–Kier alpha value is -1.93. The van der Waals surface area contributed by atoms with Crippen molar-refractivity contribution in [2.75, 3.05) is 0 Å². The van der Waals surface area contributed by atoms with Crippen molar-refractivity contribution in [2.45, 2.75) is 68.9 Å². The van der Waals surface area contributed by atoms with Crippen LogP contribution in [0.25, 0.3) is 0 Å². The average Bonchev–Trinajstić information content (AvgIpc) is 2.88. The van der Waals surface area contributed by atoms with Crippen molar-refractivity contribution in [3.63, 3.8) is 0 Å². The van der Waals surface area contributed by atoms with Crippen molar-refractivity contribution in [3.05, 3.63) is 29.3 Å². The summed E-state index contributed by atoms with van der Waals surface area (Å²) in [5, 5.41) is 17.8. The van der Waals surface area contributed by atoms with Gasteiger partial charge in [-0.15, -0.1) is 0 Å². The lowest BCUT2D eigenvalue weighted by atomic mass is 10.0. The zero-order chi connectivity index (χ0) is 19.7. The van der Waals surface area contributed by atoms with Gasteiger partial charge in [-0.05, 0) is 43.0 Å². The summed E-state index contributed by atoms with van der Waals surface area (Å²) in [5.41, 5.74) is 1.78. The number of rotatable bonds is 7. The van der Waals surface area contributed by atoms with Crippen LogP contribution in [0.4, 0.5) is 0 Å². The lowest BCUT2D eigenvalue weighted by molar-refractivity contribution is -0.157. The fraction of sp³-hybridized carbons (Fsp3) is 0.556. The van der Waals surface area contributed by atoms with Gasteiger partial charge in [0.05, 0.1) is 4.90 Å². The monoisotopic (exact) mass is 383 g/mol. The van der Waals surface area contributed by atoms with Crippen molar-refractivity contribution in [1.29, 1.82) is 0 Å². The predicted molar refractivity (Wildman–Crippen MR) is 95.1 cm³/mol. The van der Waals surface area contributed by atoms with E-state index in [1.54, 1.807) is 6.07 Å². The number of sulfone groups is 1. The summed E-state index contributed by atoms with van der Waals surface area (Å²) in [5.74, 6) is -2.02. The Labute approximate surface area is 153 Å². The van der Waals surface area contributed by atoms with E-state index in [1.165, 1.54) is 19.1 Å². The third-order valence-electron chi connectivity index (χ3n) is 4.87. The molecule has 2 rings (SSSR count). The SMILES string of the molecule is CCCc1cc(S(=O)(=O)[C@@]2(O)CCC(=O)N2[C@@H](CC)C(=O)O)ccc1C. The molecule has 0 aliphatic carbocycles. The number of carbonyl (C=O) groups is 2. The van der Waals surface area contributed by atoms with E-state index >= 15 is 0 Å². The van der Waals surface area contributed by atoms with Gasteiger partial charge in [-0.25, -0.2) is 13.2 Å². The lowest BCUT2D eigenvalue weighted by Crippen LogP contribution is -2.58. The number of aliphatic hydroxyl groups is 1. The molecular weight excluding hydrogens is 358 g/mol. The van der Waals surface area contributed by atoms with Crippen LogP contribution in [0.2, 0.25) is 0 Å². The van der Waals surface area contributed by atoms with Crippen LogP contribution in [0.1, 0.15) is 50.7 Å². The predicted octanol–water partition coefficient (Wildman–Crippen LogP) is 1.85. The van der Waals surface area contributed by atoms with Crippen molar-refractivity contribution in [2.24, 2.45) is 0 Å². The Kier molecular flexibility index (Phi) is 5.77. The molecule has 0 aromatic heterocycles. The smallest absolute Gasteiger partial charge is 0.326 e. The minimum atomic E-state index is -4.37. The van der Waals surface area contributed by atoms with Gasteiger partial charge in [0.1, 0.15) is 6.04 Å². The minimum Gasteiger partial charge on any atom is -0.480 e. The summed E-state index contributed by atoms with van der Waals surface area (Å²) in [6.07, 6.45) is 0.940. The molecular formula is C18H25NO6S. The summed E-state index contributed by atoms with van der Waals surface area (Å²) in [4.78, 5) is 24.3. The molecule has 1 amide bonds. The van der Waals surface area contributed by atoms with Crippen molar-refractivity contribution < 1.29 is 28.2 Å². The lowest BCUT2D eigenvalue weighted by Gasteiger charge is -2.36. The quantitative estimate of drug-likeness (QED) is 0.743. The zero-order valence-electron chi connectivity index (χ0n) is 15.2. The van der Waals surface area contributed by atoms with Crippen LogP contribution in [-0.4, -0.2) is 46.5 Å². The number of carboxylic acids is 1. The molecule has 26 heavy (non-hydrogen) atoms. The van der Waals surface area contributed by atoms with E-state index in [0.29, 0.717) is 11.3 Å². The number of aryl methyl sites for hydroxylation is 2. The zero-order valence-corrected chi connectivity index (χ0v) is 16.0. The van der Waals surface area contributed by atoms with Crippen molar-refractivity contribution >= 4 is 21.7 Å². The van der Waals surface area contributed by atoms with Crippen LogP contribution in [0.5, 0.6) is 0 Å². The third-order valence-corrected chi connectivity index (χ3v) is 7.01. The first-order valence-electron chi connectivity index (χ1n) is 8.71. The van der Waals surface area contributed by atoms with Crippen molar-refractivity contribution in [3.8, 4) is 0 Å². The van der Waals surface area contributed by atoms with Gasteiger partial charge < -0.3 is 10.2 Å². The van der Waals surface area contributed by atoms with Gasteiger partial charge >= 0.3 is 5.97 Å². The van der Waals surface area contributed by atoms with Gasteiger partial charge in [0.25, 0.3) is 5.06 Å². The number of carbonyl (C=O) groups excluding carboxylic acids is 1. The first-order valence-corrected chi connectivity index (χ1v) is 10.2. The first-order chi connectivity index (χ1) is 12.1. The number of benzene rings is 1. The molecule has 2 N–H and O–H groups in total. The normalized spacial score (nSPS) is 21.8. The van der Waals surface area contributed by atoms with Crippen LogP contribution < -0.4 is 0 Å². The summed E-state index contributed by atoms with van der Waals surface area (Å²) in [7, 11) is -4.37. The molecule has 0 unspecified atom stereocenters. The van der Waals surface area contributed by atoms with Crippen molar-refractivity contribution in [1.82, 2.24) is 4.90 Å². The molecule has 1 aliphatic heterocycles. The molecule has 1 fully saturated rings. The van der Waals surface area contributed by atoms with Gasteiger partial charge in [0.2, 0.25) is 15.7 Å². The molecule has 144 valence electrons. The second-order valence-electron chi connectivity index (χ2n) is 6.61. The van der Waals surface area contributed by atoms with Gasteiger partial charge in [0.15, 0.2) is 0 Å². The molecule has 0 radical (unpaired) electrons. The summed E-state index contributed by atoms with van der Waals surface area (Å²) in [6, 6.07) is 3.17. The number of amides is 1. The Morgan fingerprint density at radius 2 is 2.00 bits per heavy atom. The Balaban J connectivity index is 2.57. The van der Waals surface area contributed by atoms with E-state index in [-0.39, 0.29) is 24.2 Å². The summed E-state index contributed by atoms with van der Waals surface area (Å²) in [6.45, 7) is 5.38. The second kappa shape index (κ2) is 7.36. The molecule has 2 atom stereocenters. The number of carboxylic acid groups (broad SMARTS) is 1. The van der Waals surface area contributed by atoms with Gasteiger partial charge in [-0.2, -0.15) is 0 Å². The molecule has 1 aromatic carbocycles. The number of likely N-dealkylation sites (tertiary alicyclic amines) is 1. The highest BCUT2D eigenvalue weighted by atomic mass is 32.2. The fourth-order valence-electron chi connectivity index (χ4n) is 3.40. The number of hydrogen-bond donors (Lipinski definition) is 2. The third kappa shape index (κ3) is 3.23. The molecule has 0 saturated carbocycles. The van der Waals surface area contributed by atoms with E-state index < -0.39 is 32.8 Å². The van der Waals surface area contributed by atoms with Gasteiger partial charge in [0, 0.05) is 12.8 Å². The maximum Gasteiger partial charge on any atom is 0.326 e. The molecule has 0 bridgehead atoms. The maximum atomic E-state index is 13.2. The average molecular weight is 383 g/mol. The number of aliphatic carboxylic acids is 1. The van der Waals surface area contributed by atoms with Crippen LogP contribution in [-0.2, 0) is 25.8 Å². The molecule has 7 nitrogen and oxygen atoms in total. The van der Waals surface area contributed by atoms with Crippen LogP contribution >= 0.6 is 0 Å². The number of hydrogen-bond acceptors (Lipinski definition) is 5. The Morgan fingerprint density at radius 1 is 1.35 bits per heavy atom. The molecule has 1 heterocycles. The minimum absolute atomic E-state index is 0.00607. The number of nitrogens with zero attached hydrogens (tertiary/aromatic N) is 1. The summed E-state index contributed by atoms with van der Waals surface area (Å²) >= 11 is 0. The molecule has 1 aliphatic rings. The fourth-order valence-corrected chi connectivity index (χ4v) is 5.18. The maximum absolute atomic E-state index is 13.2. The standard InChI is InChI=1S/C18H25NO6S/c1-4-6-13-11-14(8-7-12(13)3)26(24,25)18(23)10-9-16(20)19(18)15(5-2)17(21)22/h7-8,11,15,23H,4-6,9-10H2,1-3H3,(H,21,22)/t15-,18-/m0/s1. The van der Waals surface area contributed by atoms with Crippen LogP contribution in [0.15, 0.2) is 23.1 Å². The van der Waals surface area contributed by atoms with Gasteiger partial charge in [-0.3, -0.25) is 9.69 Å². The van der Waals surface area contributed by atoms with E-state index in [0.717, 1.165) is 17.5 Å². The molecule has 8 heteroatoms. The van der Waals surface area contributed by atoms with E-state index in [9.17, 15) is 28.2 Å². The second-order valence-corrected chi connectivity index (χ2v) is 8.74. The summed E-state index contributed by atoms with van der Waals surface area (Å²) < 4.78 is 26.4. The molecule has 0 spiro atoms. The molecule has 1 saturated heterocycles. The highest BCUT2D eigenvalue weighted by Gasteiger charge is 2.57. The van der Waals surface area contributed by atoms with Crippen LogP contribution in [0, 0.1) is 6.92 Å². The highest BCUT2D eigenvalue weighted by molar-refractivity contribution is 7.92. The van der Waals surface area contributed by atoms with Crippen LogP contribution in [0.3, 0.4) is 0 Å². The Morgan fingerprint density at radius 3 is 2.54 bits per heavy atom. The largest absolute Gasteiger partial charge is 0.480 e. The van der Waals surface area contributed by atoms with E-state index in [2.05, 4.69) is 0 Å². The van der Waals surface area contributed by atoms with E-state index in [4.69, 9.17) is 0 Å². The molecule has 1 aromatic rings. The topological polar surface area (TPSA) is 112 Å². The van der Waals surface area contributed by atoms with E-state index in [1.807, 2.05) is 13.8 Å². The Bertz CT molecular complexity index is 819. The van der Waals surface area contributed by atoms with Gasteiger partial charge in [-0.1, -0.05) is 26.3 Å².